The Kier molecular flexibility index (Phi) is 7.20. The molecular weight excluding hydrogens is 312 g/mol. The first-order valence-electron chi connectivity index (χ1n) is 8.65. The number of carbonyl (C=O) groups excluding carboxylic acids is 2. The molecule has 25 heavy (non-hydrogen) atoms. The molecular formula is C21H26N2O2. The van der Waals surface area contributed by atoms with Crippen molar-refractivity contribution in [3.63, 3.8) is 0 Å². The lowest BCUT2D eigenvalue weighted by Gasteiger charge is -2.29. The van der Waals surface area contributed by atoms with Crippen molar-refractivity contribution in [2.75, 3.05) is 19.8 Å². The molecule has 0 saturated carbocycles. The zero-order valence-electron chi connectivity index (χ0n) is 15.0. The van der Waals surface area contributed by atoms with E-state index in [-0.39, 0.29) is 11.8 Å². The lowest BCUT2D eigenvalue weighted by Crippen LogP contribution is -2.44. The summed E-state index contributed by atoms with van der Waals surface area (Å²) in [7, 11) is 0. The highest BCUT2D eigenvalue weighted by Gasteiger charge is 2.16. The van der Waals surface area contributed by atoms with E-state index in [0.717, 1.165) is 12.8 Å². The molecule has 2 amide bonds. The van der Waals surface area contributed by atoms with Crippen molar-refractivity contribution in [2.45, 2.75) is 26.7 Å². The normalized spacial score (nSPS) is 10.3. The van der Waals surface area contributed by atoms with Gasteiger partial charge in [-0.05, 0) is 24.0 Å². The number of rotatable bonds is 8. The molecule has 0 fully saturated rings. The van der Waals surface area contributed by atoms with E-state index in [1.807, 2.05) is 36.4 Å². The molecule has 0 heterocycles. The van der Waals surface area contributed by atoms with Gasteiger partial charge in [0.15, 0.2) is 0 Å². The van der Waals surface area contributed by atoms with Crippen molar-refractivity contribution in [3.05, 3.63) is 71.8 Å². The Morgan fingerprint density at radius 2 is 1.04 bits per heavy atom. The van der Waals surface area contributed by atoms with Crippen molar-refractivity contribution in [3.8, 4) is 0 Å². The molecule has 2 rings (SSSR count). The summed E-state index contributed by atoms with van der Waals surface area (Å²) in [6, 6.07) is 20.1. The van der Waals surface area contributed by atoms with Crippen LogP contribution in [-0.4, -0.2) is 41.4 Å². The summed E-state index contributed by atoms with van der Waals surface area (Å²) in [4.78, 5) is 27.4. The Bertz CT molecular complexity index is 611. The van der Waals surface area contributed by atoms with E-state index in [0.29, 0.717) is 19.8 Å². The molecule has 0 radical (unpaired) electrons. The lowest BCUT2D eigenvalue weighted by molar-refractivity contribution is -0.137. The van der Waals surface area contributed by atoms with Crippen molar-refractivity contribution in [2.24, 2.45) is 0 Å². The predicted molar refractivity (Wildman–Crippen MR) is 99.9 cm³/mol. The highest BCUT2D eigenvalue weighted by molar-refractivity contribution is 5.76. The van der Waals surface area contributed by atoms with Crippen molar-refractivity contribution in [1.82, 2.24) is 9.80 Å². The fourth-order valence-electron chi connectivity index (χ4n) is 2.68. The smallest absolute Gasteiger partial charge is 0.220 e. The largest absolute Gasteiger partial charge is 0.325 e. The van der Waals surface area contributed by atoms with E-state index in [4.69, 9.17) is 0 Å². The molecule has 0 bridgehead atoms. The molecule has 2 aromatic carbocycles. The van der Waals surface area contributed by atoms with E-state index in [2.05, 4.69) is 24.3 Å². The Hall–Kier alpha value is -2.62. The van der Waals surface area contributed by atoms with Crippen LogP contribution >= 0.6 is 0 Å². The molecule has 0 aliphatic carbocycles. The molecule has 0 atom stereocenters. The van der Waals surface area contributed by atoms with Crippen LogP contribution in [0.15, 0.2) is 60.7 Å². The average Bonchev–Trinajstić information content (AvgIpc) is 2.62. The van der Waals surface area contributed by atoms with E-state index >= 15 is 0 Å². The first-order valence-corrected chi connectivity index (χ1v) is 8.65. The summed E-state index contributed by atoms with van der Waals surface area (Å²) in [5, 5.41) is 0. The molecule has 0 unspecified atom stereocenters. The van der Waals surface area contributed by atoms with Gasteiger partial charge in [0.1, 0.15) is 0 Å². The van der Waals surface area contributed by atoms with Crippen LogP contribution in [0.3, 0.4) is 0 Å². The molecule has 0 aliphatic heterocycles. The van der Waals surface area contributed by atoms with Gasteiger partial charge in [0, 0.05) is 26.9 Å². The second-order valence-electron chi connectivity index (χ2n) is 6.18. The van der Waals surface area contributed by atoms with Crippen LogP contribution in [-0.2, 0) is 22.4 Å². The first-order chi connectivity index (χ1) is 12.1. The Morgan fingerprint density at radius 1 is 0.680 bits per heavy atom. The molecule has 0 saturated heterocycles. The summed E-state index contributed by atoms with van der Waals surface area (Å²) in [5.74, 6) is -0.0243. The molecule has 0 aromatic heterocycles. The van der Waals surface area contributed by atoms with Crippen LogP contribution in [0.25, 0.3) is 0 Å². The fraction of sp³-hybridized carbons (Fsp3) is 0.333. The molecule has 2 aromatic rings. The maximum absolute atomic E-state index is 12.0. The van der Waals surface area contributed by atoms with E-state index in [1.54, 1.807) is 23.6 Å². The van der Waals surface area contributed by atoms with E-state index in [1.165, 1.54) is 11.1 Å². The topological polar surface area (TPSA) is 40.6 Å². The fourth-order valence-corrected chi connectivity index (χ4v) is 2.68. The maximum atomic E-state index is 12.0. The highest BCUT2D eigenvalue weighted by atomic mass is 16.2. The maximum Gasteiger partial charge on any atom is 0.220 e. The quantitative estimate of drug-likeness (QED) is 0.694. The number of nitrogens with zero attached hydrogens (tertiary/aromatic N) is 2. The number of amides is 2. The summed E-state index contributed by atoms with van der Waals surface area (Å²) in [5.41, 5.74) is 2.37. The number of hydrogen-bond donors (Lipinski definition) is 0. The third kappa shape index (κ3) is 6.42. The van der Waals surface area contributed by atoms with Gasteiger partial charge in [0.2, 0.25) is 11.8 Å². The average molecular weight is 338 g/mol. The minimum absolute atomic E-state index is 0.0121. The Balaban J connectivity index is 1.93. The van der Waals surface area contributed by atoms with Crippen LogP contribution in [0.4, 0.5) is 0 Å². The van der Waals surface area contributed by atoms with Gasteiger partial charge in [-0.15, -0.1) is 0 Å². The Labute approximate surface area is 150 Å². The van der Waals surface area contributed by atoms with Gasteiger partial charge in [0.25, 0.3) is 0 Å². The number of carbonyl (C=O) groups is 2. The molecule has 4 heteroatoms. The zero-order valence-corrected chi connectivity index (χ0v) is 15.0. The van der Waals surface area contributed by atoms with Crippen LogP contribution < -0.4 is 0 Å². The first kappa shape index (κ1) is 18.7. The van der Waals surface area contributed by atoms with Crippen molar-refractivity contribution in [1.29, 1.82) is 0 Å². The van der Waals surface area contributed by atoms with Crippen molar-refractivity contribution >= 4 is 11.8 Å². The van der Waals surface area contributed by atoms with E-state index < -0.39 is 0 Å². The Morgan fingerprint density at radius 3 is 1.36 bits per heavy atom. The van der Waals surface area contributed by atoms with Crippen molar-refractivity contribution < 1.29 is 9.59 Å². The van der Waals surface area contributed by atoms with E-state index in [9.17, 15) is 9.59 Å². The number of hydrogen-bond acceptors (Lipinski definition) is 2. The van der Waals surface area contributed by atoms with Crippen LogP contribution in [0.1, 0.15) is 25.0 Å². The SMILES string of the molecule is CC(=O)N(CCc1ccccc1)CN(CCc1ccccc1)C(C)=O. The third-order valence-electron chi connectivity index (χ3n) is 4.26. The summed E-state index contributed by atoms with van der Waals surface area (Å²) in [6.07, 6.45) is 1.57. The lowest BCUT2D eigenvalue weighted by atomic mass is 10.1. The van der Waals surface area contributed by atoms with Gasteiger partial charge in [-0.1, -0.05) is 60.7 Å². The van der Waals surface area contributed by atoms with Gasteiger partial charge in [-0.3, -0.25) is 9.59 Å². The van der Waals surface area contributed by atoms with Gasteiger partial charge in [0.05, 0.1) is 6.67 Å². The zero-order chi connectivity index (χ0) is 18.1. The van der Waals surface area contributed by atoms with Gasteiger partial charge >= 0.3 is 0 Å². The summed E-state index contributed by atoms with van der Waals surface area (Å²) in [6.45, 7) is 4.66. The minimum Gasteiger partial charge on any atom is -0.325 e. The van der Waals surface area contributed by atoms with Crippen LogP contribution in [0.5, 0.6) is 0 Å². The van der Waals surface area contributed by atoms with Crippen LogP contribution in [0.2, 0.25) is 0 Å². The summed E-state index contributed by atoms with van der Waals surface area (Å²) >= 11 is 0. The van der Waals surface area contributed by atoms with Gasteiger partial charge in [-0.2, -0.15) is 0 Å². The predicted octanol–water partition coefficient (Wildman–Crippen LogP) is 3.13. The summed E-state index contributed by atoms with van der Waals surface area (Å²) < 4.78 is 0. The monoisotopic (exact) mass is 338 g/mol. The number of benzene rings is 2. The van der Waals surface area contributed by atoms with Crippen LogP contribution in [0, 0.1) is 0 Å². The molecule has 0 aliphatic rings. The molecule has 4 nitrogen and oxygen atoms in total. The minimum atomic E-state index is -0.0121. The second kappa shape index (κ2) is 9.62. The second-order valence-corrected chi connectivity index (χ2v) is 6.18. The molecule has 0 spiro atoms. The standard InChI is InChI=1S/C21H26N2O2/c1-18(24)22(15-13-20-9-5-3-6-10-20)17-23(19(2)25)16-14-21-11-7-4-8-12-21/h3-12H,13-17H2,1-2H3. The van der Waals surface area contributed by atoms with Gasteiger partial charge < -0.3 is 9.80 Å². The van der Waals surface area contributed by atoms with Gasteiger partial charge in [-0.25, -0.2) is 0 Å². The molecule has 132 valence electrons. The third-order valence-corrected chi connectivity index (χ3v) is 4.26. The molecule has 0 N–H and O–H groups in total. The highest BCUT2D eigenvalue weighted by Crippen LogP contribution is 2.06.